The van der Waals surface area contributed by atoms with Gasteiger partial charge in [0.25, 0.3) is 0 Å². The van der Waals surface area contributed by atoms with E-state index in [4.69, 9.17) is 4.74 Å². The maximum Gasteiger partial charge on any atom is 0.221 e. The van der Waals surface area contributed by atoms with Crippen molar-refractivity contribution >= 4 is 5.91 Å². The smallest absolute Gasteiger partial charge is 0.221 e. The highest BCUT2D eigenvalue weighted by Gasteiger charge is 2.20. The summed E-state index contributed by atoms with van der Waals surface area (Å²) in [6, 6.07) is 1.04. The standard InChI is InChI=1S/C11H20N2O2/c14-11(3-6-12-9-1-2-9)13-10-4-7-15-8-5-10/h9-10,12H,1-8H2,(H,13,14). The Balaban J connectivity index is 1.54. The van der Waals surface area contributed by atoms with Crippen LogP contribution in [0.4, 0.5) is 0 Å². The fourth-order valence-corrected chi connectivity index (χ4v) is 1.82. The number of carbonyl (C=O) groups is 1. The van der Waals surface area contributed by atoms with Crippen molar-refractivity contribution in [2.75, 3.05) is 19.8 Å². The second-order valence-electron chi connectivity index (χ2n) is 4.43. The van der Waals surface area contributed by atoms with Crippen molar-refractivity contribution in [2.24, 2.45) is 0 Å². The Morgan fingerprint density at radius 3 is 2.53 bits per heavy atom. The molecule has 0 unspecified atom stereocenters. The SMILES string of the molecule is O=C(CCNC1CC1)NC1CCOCC1. The van der Waals surface area contributed by atoms with E-state index >= 15 is 0 Å². The summed E-state index contributed by atoms with van der Waals surface area (Å²) in [5.41, 5.74) is 0. The van der Waals surface area contributed by atoms with Crippen LogP contribution in [0.1, 0.15) is 32.1 Å². The van der Waals surface area contributed by atoms with Crippen molar-refractivity contribution < 1.29 is 9.53 Å². The van der Waals surface area contributed by atoms with Gasteiger partial charge in [-0.05, 0) is 25.7 Å². The minimum atomic E-state index is 0.176. The van der Waals surface area contributed by atoms with E-state index in [1.165, 1.54) is 12.8 Å². The molecule has 0 aromatic rings. The first-order valence-corrected chi connectivity index (χ1v) is 5.95. The average Bonchev–Trinajstić information content (AvgIpc) is 3.03. The summed E-state index contributed by atoms with van der Waals surface area (Å²) >= 11 is 0. The predicted molar refractivity (Wildman–Crippen MR) is 57.6 cm³/mol. The molecule has 15 heavy (non-hydrogen) atoms. The van der Waals surface area contributed by atoms with Crippen molar-refractivity contribution in [3.8, 4) is 0 Å². The van der Waals surface area contributed by atoms with Gasteiger partial charge in [0.15, 0.2) is 0 Å². The van der Waals surface area contributed by atoms with E-state index < -0.39 is 0 Å². The lowest BCUT2D eigenvalue weighted by atomic mass is 10.1. The topological polar surface area (TPSA) is 50.4 Å². The summed E-state index contributed by atoms with van der Waals surface area (Å²) in [7, 11) is 0. The van der Waals surface area contributed by atoms with Gasteiger partial charge in [0, 0.05) is 38.3 Å². The number of nitrogens with one attached hydrogen (secondary N) is 2. The van der Waals surface area contributed by atoms with Crippen LogP contribution in [0.25, 0.3) is 0 Å². The molecule has 1 aliphatic heterocycles. The highest BCUT2D eigenvalue weighted by molar-refractivity contribution is 5.76. The number of hydrogen-bond donors (Lipinski definition) is 2. The molecule has 1 heterocycles. The molecular formula is C11H20N2O2. The van der Waals surface area contributed by atoms with Crippen LogP contribution in [-0.2, 0) is 9.53 Å². The zero-order valence-electron chi connectivity index (χ0n) is 9.13. The Morgan fingerprint density at radius 1 is 1.13 bits per heavy atom. The molecule has 2 rings (SSSR count). The van der Waals surface area contributed by atoms with Crippen LogP contribution < -0.4 is 10.6 Å². The van der Waals surface area contributed by atoms with E-state index in [1.54, 1.807) is 0 Å². The van der Waals surface area contributed by atoms with Gasteiger partial charge in [-0.15, -0.1) is 0 Å². The highest BCUT2D eigenvalue weighted by Crippen LogP contribution is 2.18. The van der Waals surface area contributed by atoms with Gasteiger partial charge in [0.2, 0.25) is 5.91 Å². The maximum absolute atomic E-state index is 11.5. The molecule has 2 aliphatic rings. The highest BCUT2D eigenvalue weighted by atomic mass is 16.5. The second kappa shape index (κ2) is 5.47. The maximum atomic E-state index is 11.5. The molecule has 1 aliphatic carbocycles. The Bertz CT molecular complexity index is 211. The number of carbonyl (C=O) groups excluding carboxylic acids is 1. The molecule has 1 saturated carbocycles. The molecule has 0 spiro atoms. The van der Waals surface area contributed by atoms with E-state index in [9.17, 15) is 4.79 Å². The lowest BCUT2D eigenvalue weighted by Gasteiger charge is -2.23. The summed E-state index contributed by atoms with van der Waals surface area (Å²) in [6.45, 7) is 2.39. The van der Waals surface area contributed by atoms with Gasteiger partial charge >= 0.3 is 0 Å². The van der Waals surface area contributed by atoms with Crippen LogP contribution in [0.3, 0.4) is 0 Å². The molecule has 4 heteroatoms. The summed E-state index contributed by atoms with van der Waals surface area (Å²) in [5.74, 6) is 0.176. The van der Waals surface area contributed by atoms with Gasteiger partial charge in [0.1, 0.15) is 0 Å². The van der Waals surface area contributed by atoms with Gasteiger partial charge in [-0.2, -0.15) is 0 Å². The number of amides is 1. The summed E-state index contributed by atoms with van der Waals surface area (Å²) in [5, 5.41) is 6.39. The van der Waals surface area contributed by atoms with Crippen LogP contribution >= 0.6 is 0 Å². The minimum Gasteiger partial charge on any atom is -0.381 e. The van der Waals surface area contributed by atoms with Crippen LogP contribution in [-0.4, -0.2) is 37.7 Å². The van der Waals surface area contributed by atoms with Crippen LogP contribution in [0.15, 0.2) is 0 Å². The molecule has 4 nitrogen and oxygen atoms in total. The molecule has 2 fully saturated rings. The van der Waals surface area contributed by atoms with E-state index in [0.29, 0.717) is 18.5 Å². The normalized spacial score (nSPS) is 22.7. The Morgan fingerprint density at radius 2 is 1.87 bits per heavy atom. The van der Waals surface area contributed by atoms with Gasteiger partial charge in [-0.1, -0.05) is 0 Å². The number of ether oxygens (including phenoxy) is 1. The molecular weight excluding hydrogens is 192 g/mol. The van der Waals surface area contributed by atoms with Crippen LogP contribution in [0.5, 0.6) is 0 Å². The fourth-order valence-electron chi connectivity index (χ4n) is 1.82. The molecule has 0 aromatic carbocycles. The average molecular weight is 212 g/mol. The Kier molecular flexibility index (Phi) is 3.97. The molecule has 86 valence electrons. The summed E-state index contributed by atoms with van der Waals surface area (Å²) in [4.78, 5) is 11.5. The molecule has 2 N–H and O–H groups in total. The van der Waals surface area contributed by atoms with Gasteiger partial charge in [0.05, 0.1) is 0 Å². The number of rotatable bonds is 5. The molecule has 1 amide bonds. The van der Waals surface area contributed by atoms with E-state index in [0.717, 1.165) is 32.6 Å². The zero-order chi connectivity index (χ0) is 10.5. The third kappa shape index (κ3) is 4.18. The molecule has 0 atom stereocenters. The van der Waals surface area contributed by atoms with Crippen LogP contribution in [0.2, 0.25) is 0 Å². The van der Waals surface area contributed by atoms with Crippen molar-refractivity contribution in [3.63, 3.8) is 0 Å². The lowest BCUT2D eigenvalue weighted by molar-refractivity contribution is -0.122. The van der Waals surface area contributed by atoms with Crippen LogP contribution in [0, 0.1) is 0 Å². The van der Waals surface area contributed by atoms with E-state index in [-0.39, 0.29) is 5.91 Å². The van der Waals surface area contributed by atoms with Crippen molar-refractivity contribution in [1.29, 1.82) is 0 Å². The third-order valence-electron chi connectivity index (χ3n) is 2.95. The largest absolute Gasteiger partial charge is 0.381 e. The van der Waals surface area contributed by atoms with Crippen molar-refractivity contribution in [2.45, 2.75) is 44.2 Å². The Hall–Kier alpha value is -0.610. The molecule has 0 aromatic heterocycles. The van der Waals surface area contributed by atoms with E-state index in [2.05, 4.69) is 10.6 Å². The molecule has 0 bridgehead atoms. The second-order valence-corrected chi connectivity index (χ2v) is 4.43. The van der Waals surface area contributed by atoms with Gasteiger partial charge < -0.3 is 15.4 Å². The Labute approximate surface area is 90.8 Å². The monoisotopic (exact) mass is 212 g/mol. The zero-order valence-corrected chi connectivity index (χ0v) is 9.13. The molecule has 0 radical (unpaired) electrons. The first kappa shape index (κ1) is 10.9. The quantitative estimate of drug-likeness (QED) is 0.694. The van der Waals surface area contributed by atoms with Gasteiger partial charge in [-0.3, -0.25) is 4.79 Å². The van der Waals surface area contributed by atoms with Crippen molar-refractivity contribution in [3.05, 3.63) is 0 Å². The first-order valence-electron chi connectivity index (χ1n) is 5.95. The summed E-state index contributed by atoms with van der Waals surface area (Å²) < 4.78 is 5.24. The third-order valence-corrected chi connectivity index (χ3v) is 2.95. The first-order chi connectivity index (χ1) is 7.34. The molecule has 1 saturated heterocycles. The van der Waals surface area contributed by atoms with Gasteiger partial charge in [-0.25, -0.2) is 0 Å². The summed E-state index contributed by atoms with van der Waals surface area (Å²) in [6.07, 6.45) is 5.08. The van der Waals surface area contributed by atoms with Crippen molar-refractivity contribution in [1.82, 2.24) is 10.6 Å². The predicted octanol–water partition coefficient (Wildman–Crippen LogP) is 0.424. The minimum absolute atomic E-state index is 0.176. The number of hydrogen-bond acceptors (Lipinski definition) is 3. The van der Waals surface area contributed by atoms with E-state index in [1.807, 2.05) is 0 Å². The fraction of sp³-hybridized carbons (Fsp3) is 0.909. The lowest BCUT2D eigenvalue weighted by Crippen LogP contribution is -2.40.